The normalized spacial score (nSPS) is 14.4. The third-order valence-corrected chi connectivity index (χ3v) is 13.3. The molecule has 3 unspecified atom stereocenters. The first-order chi connectivity index (χ1) is 34.4. The summed E-state index contributed by atoms with van der Waals surface area (Å²) in [5.41, 5.74) is 0. The molecule has 0 bridgehead atoms. The van der Waals surface area contributed by atoms with Crippen molar-refractivity contribution in [1.29, 1.82) is 0 Å². The molecule has 0 aliphatic carbocycles. The molecular weight excluding hydrogens is 904 g/mol. The van der Waals surface area contributed by atoms with Gasteiger partial charge in [-0.1, -0.05) is 215 Å². The molecule has 0 heterocycles. The Morgan fingerprint density at radius 1 is 0.507 bits per heavy atom. The third kappa shape index (κ3) is 51.9. The molecule has 0 radical (unpaired) electrons. The van der Waals surface area contributed by atoms with Gasteiger partial charge in [0.1, 0.15) is 19.3 Å². The van der Waals surface area contributed by atoms with Gasteiger partial charge in [-0.2, -0.15) is 0 Å². The number of phosphoric ester groups is 1. The first-order valence-electron chi connectivity index (χ1n) is 28.9. The van der Waals surface area contributed by atoms with Gasteiger partial charge in [0.05, 0.1) is 33.8 Å². The van der Waals surface area contributed by atoms with Crippen LogP contribution < -0.4 is 10.2 Å². The molecule has 0 spiro atoms. The molecule has 0 aliphatic rings. The number of ether oxygens (including phenoxy) is 1. The van der Waals surface area contributed by atoms with Crippen molar-refractivity contribution in [2.75, 3.05) is 40.9 Å². The Morgan fingerprint density at radius 2 is 0.915 bits per heavy atom. The molecule has 10 heteroatoms. The zero-order chi connectivity index (χ0) is 52.2. The Bertz CT molecular complexity index is 1490. The molecule has 0 aromatic heterocycles. The van der Waals surface area contributed by atoms with Gasteiger partial charge >= 0.3 is 5.97 Å². The summed E-state index contributed by atoms with van der Waals surface area (Å²) in [5, 5.41) is 3.00. The lowest BCUT2D eigenvalue weighted by Crippen LogP contribution is -2.47. The van der Waals surface area contributed by atoms with E-state index in [9.17, 15) is 19.0 Å². The highest BCUT2D eigenvalue weighted by Gasteiger charge is 2.27. The second-order valence-corrected chi connectivity index (χ2v) is 21.8. The third-order valence-electron chi connectivity index (χ3n) is 12.3. The number of esters is 1. The highest BCUT2D eigenvalue weighted by molar-refractivity contribution is 7.45. The molecule has 0 saturated heterocycles. The van der Waals surface area contributed by atoms with E-state index in [4.69, 9.17) is 13.8 Å². The summed E-state index contributed by atoms with van der Waals surface area (Å²) < 4.78 is 30.2. The highest BCUT2D eigenvalue weighted by Crippen LogP contribution is 2.38. The van der Waals surface area contributed by atoms with Crippen LogP contribution in [0.1, 0.15) is 239 Å². The molecule has 0 aromatic carbocycles. The number of quaternary nitrogens is 1. The van der Waals surface area contributed by atoms with Crippen molar-refractivity contribution >= 4 is 19.7 Å². The lowest BCUT2D eigenvalue weighted by molar-refractivity contribution is -0.870. The standard InChI is InChI=1S/C61H109N2O7P/c1-7-10-13-16-19-22-25-28-30-31-33-36-39-42-45-48-51-54-61(65)70-59(52-49-46-43-40-37-34-27-24-21-18-15-12-9-3)58(57-69-71(66,67)68-56-55-63(4,5)6)62-60(64)53-50-47-44-41-38-35-32-29-26-23-20-17-14-11-8-2/h10,13,19,22-23,26,28,30,33,36,42,45,49,52,58-59H,7-9,11-12,14-18,20-21,24-25,27,29,31-32,34-35,37-41,43-44,46-48,50-51,53-57H2,1-6H3,(H-,62,64,66,67)/b13-10-,22-19-,26-23-,30-28-,36-33-,45-42-,52-49+. The first kappa shape index (κ1) is 68.2. The average Bonchev–Trinajstić information content (AvgIpc) is 3.33. The summed E-state index contributed by atoms with van der Waals surface area (Å²) in [6.45, 7) is 6.67. The van der Waals surface area contributed by atoms with E-state index in [2.05, 4.69) is 99.0 Å². The zero-order valence-corrected chi connectivity index (χ0v) is 47.5. The SMILES string of the molecule is CC/C=C\C/C=C\C/C=C\C/C=C\C/C=C\CCCC(=O)OC(/C=C/CCCCCCCCCCCCC)C(COP(=O)([O-])OCC[N+](C)(C)C)NC(=O)CCCCCCCCC/C=C\CCCCCC. The molecule has 1 amide bonds. The Kier molecular flexibility index (Phi) is 48.7. The summed E-state index contributed by atoms with van der Waals surface area (Å²) in [4.78, 5) is 39.8. The Labute approximate surface area is 437 Å². The fraction of sp³-hybridized carbons (Fsp3) is 0.738. The lowest BCUT2D eigenvalue weighted by Gasteiger charge is -2.30. The van der Waals surface area contributed by atoms with E-state index < -0.39 is 32.5 Å². The summed E-state index contributed by atoms with van der Waals surface area (Å²) in [6.07, 6.45) is 65.5. The number of carbonyl (C=O) groups excluding carboxylic acids is 2. The number of nitrogens with one attached hydrogen (secondary N) is 1. The van der Waals surface area contributed by atoms with E-state index in [1.165, 1.54) is 109 Å². The molecule has 71 heavy (non-hydrogen) atoms. The van der Waals surface area contributed by atoms with Gasteiger partial charge in [-0.05, 0) is 96.0 Å². The van der Waals surface area contributed by atoms with Crippen LogP contribution in [-0.4, -0.2) is 69.4 Å². The molecule has 0 saturated carbocycles. The van der Waals surface area contributed by atoms with Crippen LogP contribution in [0.5, 0.6) is 0 Å². The maximum Gasteiger partial charge on any atom is 0.306 e. The van der Waals surface area contributed by atoms with Crippen molar-refractivity contribution < 1.29 is 37.3 Å². The van der Waals surface area contributed by atoms with E-state index in [0.717, 1.165) is 89.9 Å². The van der Waals surface area contributed by atoms with Crippen LogP contribution in [0.25, 0.3) is 0 Å². The van der Waals surface area contributed by atoms with Crippen molar-refractivity contribution in [3.8, 4) is 0 Å². The molecule has 0 fully saturated rings. The average molecular weight is 1010 g/mol. The number of amides is 1. The first-order valence-corrected chi connectivity index (χ1v) is 30.4. The number of hydrogen-bond acceptors (Lipinski definition) is 7. The van der Waals surface area contributed by atoms with Crippen LogP contribution in [0.3, 0.4) is 0 Å². The molecule has 3 atom stereocenters. The minimum atomic E-state index is -4.71. The minimum absolute atomic E-state index is 0.0350. The number of phosphoric acid groups is 1. The second kappa shape index (κ2) is 50.7. The Morgan fingerprint density at radius 3 is 1.41 bits per heavy atom. The van der Waals surface area contributed by atoms with Gasteiger partial charge in [-0.3, -0.25) is 14.2 Å². The van der Waals surface area contributed by atoms with E-state index in [1.807, 2.05) is 33.3 Å². The van der Waals surface area contributed by atoms with Crippen molar-refractivity contribution in [3.63, 3.8) is 0 Å². The van der Waals surface area contributed by atoms with Crippen LogP contribution in [0.2, 0.25) is 0 Å². The van der Waals surface area contributed by atoms with Crippen LogP contribution >= 0.6 is 7.82 Å². The molecule has 0 aromatic rings. The Hall–Kier alpha value is -2.81. The summed E-state index contributed by atoms with van der Waals surface area (Å²) in [7, 11) is 1.14. The smallest absolute Gasteiger partial charge is 0.306 e. The van der Waals surface area contributed by atoms with Crippen LogP contribution in [0.15, 0.2) is 85.1 Å². The lowest BCUT2D eigenvalue weighted by atomic mass is 10.0. The van der Waals surface area contributed by atoms with Gasteiger partial charge < -0.3 is 28.5 Å². The van der Waals surface area contributed by atoms with Crippen molar-refractivity contribution in [3.05, 3.63) is 85.1 Å². The monoisotopic (exact) mass is 1010 g/mol. The number of allylic oxidation sites excluding steroid dienone is 13. The Balaban J connectivity index is 5.48. The summed E-state index contributed by atoms with van der Waals surface area (Å²) in [6, 6.07) is -0.916. The predicted octanol–water partition coefficient (Wildman–Crippen LogP) is 16.8. The molecule has 410 valence electrons. The number of rotatable bonds is 51. The fourth-order valence-electron chi connectivity index (χ4n) is 7.85. The fourth-order valence-corrected chi connectivity index (χ4v) is 8.57. The van der Waals surface area contributed by atoms with Gasteiger partial charge in [0.15, 0.2) is 0 Å². The van der Waals surface area contributed by atoms with Gasteiger partial charge in [0.2, 0.25) is 5.91 Å². The zero-order valence-electron chi connectivity index (χ0n) is 46.7. The van der Waals surface area contributed by atoms with E-state index in [-0.39, 0.29) is 18.9 Å². The van der Waals surface area contributed by atoms with Crippen molar-refractivity contribution in [1.82, 2.24) is 5.32 Å². The summed E-state index contributed by atoms with van der Waals surface area (Å²) >= 11 is 0. The molecule has 0 aliphatic heterocycles. The maximum atomic E-state index is 13.5. The number of likely N-dealkylation sites (N-methyl/N-ethyl adjacent to an activating group) is 1. The topological polar surface area (TPSA) is 114 Å². The number of carbonyl (C=O) groups is 2. The van der Waals surface area contributed by atoms with Crippen LogP contribution in [0.4, 0.5) is 0 Å². The minimum Gasteiger partial charge on any atom is -0.756 e. The van der Waals surface area contributed by atoms with Gasteiger partial charge in [-0.25, -0.2) is 0 Å². The van der Waals surface area contributed by atoms with Crippen molar-refractivity contribution in [2.45, 2.75) is 251 Å². The molecular formula is C61H109N2O7P. The largest absolute Gasteiger partial charge is 0.756 e. The van der Waals surface area contributed by atoms with E-state index >= 15 is 0 Å². The number of hydrogen-bond donors (Lipinski definition) is 1. The molecule has 0 rings (SSSR count). The van der Waals surface area contributed by atoms with E-state index in [1.54, 1.807) is 0 Å². The highest BCUT2D eigenvalue weighted by atomic mass is 31.2. The number of unbranched alkanes of at least 4 members (excludes halogenated alkanes) is 23. The summed E-state index contributed by atoms with van der Waals surface area (Å²) in [5.74, 6) is -0.617. The van der Waals surface area contributed by atoms with Gasteiger partial charge in [0.25, 0.3) is 7.82 Å². The van der Waals surface area contributed by atoms with Gasteiger partial charge in [-0.15, -0.1) is 0 Å². The molecule has 9 nitrogen and oxygen atoms in total. The van der Waals surface area contributed by atoms with Crippen LogP contribution in [0, 0.1) is 0 Å². The second-order valence-electron chi connectivity index (χ2n) is 20.4. The molecule has 1 N–H and O–H groups in total. The van der Waals surface area contributed by atoms with E-state index in [0.29, 0.717) is 23.9 Å². The maximum absolute atomic E-state index is 13.5. The van der Waals surface area contributed by atoms with Gasteiger partial charge in [0, 0.05) is 12.8 Å². The van der Waals surface area contributed by atoms with Crippen LogP contribution in [-0.2, 0) is 27.9 Å². The quantitative estimate of drug-likeness (QED) is 0.0212. The van der Waals surface area contributed by atoms with Crippen molar-refractivity contribution in [2.24, 2.45) is 0 Å². The number of nitrogens with zero attached hydrogens (tertiary/aromatic N) is 1. The predicted molar refractivity (Wildman–Crippen MR) is 302 cm³/mol.